The summed E-state index contributed by atoms with van der Waals surface area (Å²) in [6.45, 7) is 7.75. The van der Waals surface area contributed by atoms with E-state index in [-0.39, 0.29) is 35.6 Å². The van der Waals surface area contributed by atoms with Gasteiger partial charge in [-0.25, -0.2) is 0 Å². The van der Waals surface area contributed by atoms with Crippen LogP contribution in [0.4, 0.5) is 0 Å². The Morgan fingerprint density at radius 3 is 2.30 bits per heavy atom. The van der Waals surface area contributed by atoms with Gasteiger partial charge in [0.25, 0.3) is 5.91 Å². The van der Waals surface area contributed by atoms with Crippen molar-refractivity contribution < 1.29 is 18.8 Å². The summed E-state index contributed by atoms with van der Waals surface area (Å²) >= 11 is 0. The molecule has 0 spiro atoms. The van der Waals surface area contributed by atoms with Crippen LogP contribution in [0.15, 0.2) is 47.1 Å². The molecule has 0 saturated carbocycles. The van der Waals surface area contributed by atoms with E-state index in [0.717, 1.165) is 12.8 Å². The number of benzene rings is 1. The Hall–Kier alpha value is -3.09. The van der Waals surface area contributed by atoms with Crippen LogP contribution in [-0.4, -0.2) is 40.7 Å². The number of hydrogen-bond acceptors (Lipinski definition) is 4. The Labute approximate surface area is 194 Å². The van der Waals surface area contributed by atoms with E-state index >= 15 is 0 Å². The van der Waals surface area contributed by atoms with Crippen molar-refractivity contribution in [3.8, 4) is 0 Å². The summed E-state index contributed by atoms with van der Waals surface area (Å²) in [5, 5.41) is 5.93. The average molecular weight is 452 g/mol. The molecule has 1 saturated heterocycles. The highest BCUT2D eigenvalue weighted by molar-refractivity contribution is 6.00. The van der Waals surface area contributed by atoms with Crippen LogP contribution in [0.1, 0.15) is 57.0 Å². The molecule has 2 N–H and O–H groups in total. The molecule has 3 amide bonds. The molecule has 4 rings (SSSR count). The van der Waals surface area contributed by atoms with Crippen molar-refractivity contribution in [2.75, 3.05) is 0 Å². The summed E-state index contributed by atoms with van der Waals surface area (Å²) in [6.07, 6.45) is 3.39. The Kier molecular flexibility index (Phi) is 6.58. The fourth-order valence-corrected chi connectivity index (χ4v) is 5.08. The summed E-state index contributed by atoms with van der Waals surface area (Å²) in [5.74, 6) is -0.305. The lowest BCUT2D eigenvalue weighted by Crippen LogP contribution is -2.67. The van der Waals surface area contributed by atoms with Crippen molar-refractivity contribution in [3.05, 3.63) is 59.5 Å². The SMILES string of the molecule is CC(C)CC1C(=O)NC(C2Cc3ccccc3C2)C(=O)N1C(C(=O)NC(C)C)c1ccco1. The van der Waals surface area contributed by atoms with Crippen LogP contribution in [0.5, 0.6) is 0 Å². The molecule has 1 fully saturated rings. The minimum Gasteiger partial charge on any atom is -0.467 e. The molecular formula is C26H33N3O4. The third kappa shape index (κ3) is 4.68. The van der Waals surface area contributed by atoms with E-state index in [1.807, 2.05) is 39.8 Å². The van der Waals surface area contributed by atoms with Gasteiger partial charge >= 0.3 is 0 Å². The quantitative estimate of drug-likeness (QED) is 0.677. The minimum absolute atomic E-state index is 0.0493. The number of carbonyl (C=O) groups is 3. The summed E-state index contributed by atoms with van der Waals surface area (Å²) in [6, 6.07) is 8.98. The van der Waals surface area contributed by atoms with Crippen molar-refractivity contribution in [1.82, 2.24) is 15.5 Å². The largest absolute Gasteiger partial charge is 0.467 e. The smallest absolute Gasteiger partial charge is 0.250 e. The summed E-state index contributed by atoms with van der Waals surface area (Å²) in [5.41, 5.74) is 2.42. The summed E-state index contributed by atoms with van der Waals surface area (Å²) < 4.78 is 5.61. The number of nitrogens with zero attached hydrogens (tertiary/aromatic N) is 1. The molecule has 7 heteroatoms. The average Bonchev–Trinajstić information content (AvgIpc) is 3.41. The highest BCUT2D eigenvalue weighted by atomic mass is 16.3. The van der Waals surface area contributed by atoms with Crippen LogP contribution < -0.4 is 10.6 Å². The molecular weight excluding hydrogens is 418 g/mol. The number of carbonyl (C=O) groups excluding carboxylic acids is 3. The predicted molar refractivity (Wildman–Crippen MR) is 124 cm³/mol. The van der Waals surface area contributed by atoms with Crippen LogP contribution >= 0.6 is 0 Å². The van der Waals surface area contributed by atoms with E-state index in [1.165, 1.54) is 22.3 Å². The number of furan rings is 1. The first-order valence-electron chi connectivity index (χ1n) is 11.8. The standard InChI is InChI=1S/C26H33N3O4/c1-15(2)12-20-24(30)28-22(19-13-17-8-5-6-9-18(17)14-19)26(32)29(20)23(21-10-7-11-33-21)25(31)27-16(3)4/h5-11,15-16,19-20,22-23H,12-14H2,1-4H3,(H,27,31)(H,28,30). The first-order valence-corrected chi connectivity index (χ1v) is 11.8. The molecule has 2 aromatic rings. The van der Waals surface area contributed by atoms with E-state index < -0.39 is 18.1 Å². The van der Waals surface area contributed by atoms with Crippen LogP contribution in [0.2, 0.25) is 0 Å². The number of fused-ring (bicyclic) bond motifs is 1. The molecule has 3 atom stereocenters. The molecule has 2 aliphatic rings. The van der Waals surface area contributed by atoms with Gasteiger partial charge in [-0.2, -0.15) is 0 Å². The fourth-order valence-electron chi connectivity index (χ4n) is 5.08. The molecule has 0 radical (unpaired) electrons. The van der Waals surface area contributed by atoms with Crippen molar-refractivity contribution >= 4 is 17.7 Å². The summed E-state index contributed by atoms with van der Waals surface area (Å²) in [4.78, 5) is 42.2. The predicted octanol–water partition coefficient (Wildman–Crippen LogP) is 3.00. The molecule has 33 heavy (non-hydrogen) atoms. The van der Waals surface area contributed by atoms with Gasteiger partial charge in [0, 0.05) is 6.04 Å². The van der Waals surface area contributed by atoms with Gasteiger partial charge < -0.3 is 20.0 Å². The number of hydrogen-bond donors (Lipinski definition) is 2. The maximum atomic E-state index is 14.0. The number of rotatable bonds is 7. The molecule has 1 aliphatic carbocycles. The second-order valence-corrected chi connectivity index (χ2v) is 9.90. The van der Waals surface area contributed by atoms with E-state index in [2.05, 4.69) is 22.8 Å². The molecule has 1 aromatic heterocycles. The van der Waals surface area contributed by atoms with E-state index in [9.17, 15) is 14.4 Å². The lowest BCUT2D eigenvalue weighted by molar-refractivity contribution is -0.158. The molecule has 1 aliphatic heterocycles. The van der Waals surface area contributed by atoms with Gasteiger partial charge in [-0.3, -0.25) is 14.4 Å². The first-order chi connectivity index (χ1) is 15.8. The number of amides is 3. The lowest BCUT2D eigenvalue weighted by atomic mass is 9.88. The monoisotopic (exact) mass is 451 g/mol. The third-order valence-corrected chi connectivity index (χ3v) is 6.48. The second kappa shape index (κ2) is 9.41. The van der Waals surface area contributed by atoms with E-state index in [4.69, 9.17) is 4.42 Å². The van der Waals surface area contributed by atoms with Gasteiger partial charge in [0.05, 0.1) is 6.26 Å². The number of nitrogens with one attached hydrogen (secondary N) is 2. The Balaban J connectivity index is 1.71. The highest BCUT2D eigenvalue weighted by Crippen LogP contribution is 2.35. The van der Waals surface area contributed by atoms with Gasteiger partial charge in [0.1, 0.15) is 17.8 Å². The summed E-state index contributed by atoms with van der Waals surface area (Å²) in [7, 11) is 0. The van der Waals surface area contributed by atoms with Crippen LogP contribution in [0.25, 0.3) is 0 Å². The maximum Gasteiger partial charge on any atom is 0.250 e. The van der Waals surface area contributed by atoms with Gasteiger partial charge in [0.2, 0.25) is 11.8 Å². The first kappa shape index (κ1) is 23.1. The van der Waals surface area contributed by atoms with Crippen molar-refractivity contribution in [2.24, 2.45) is 11.8 Å². The fraction of sp³-hybridized carbons (Fsp3) is 0.500. The van der Waals surface area contributed by atoms with Gasteiger partial charge in [-0.05, 0) is 68.2 Å². The molecule has 3 unspecified atom stereocenters. The maximum absolute atomic E-state index is 14.0. The Bertz CT molecular complexity index is 989. The molecule has 0 bridgehead atoms. The van der Waals surface area contributed by atoms with Crippen molar-refractivity contribution in [2.45, 2.75) is 71.1 Å². The zero-order valence-electron chi connectivity index (χ0n) is 19.7. The lowest BCUT2D eigenvalue weighted by Gasteiger charge is -2.44. The zero-order chi connectivity index (χ0) is 23.7. The third-order valence-electron chi connectivity index (χ3n) is 6.48. The van der Waals surface area contributed by atoms with Crippen molar-refractivity contribution in [3.63, 3.8) is 0 Å². The highest BCUT2D eigenvalue weighted by Gasteiger charge is 2.50. The number of piperazine rings is 1. The van der Waals surface area contributed by atoms with Crippen LogP contribution in [0, 0.1) is 11.8 Å². The normalized spacial score (nSPS) is 21.9. The van der Waals surface area contributed by atoms with Gasteiger partial charge in [0.15, 0.2) is 6.04 Å². The van der Waals surface area contributed by atoms with Gasteiger partial charge in [-0.1, -0.05) is 38.1 Å². The topological polar surface area (TPSA) is 91.7 Å². The van der Waals surface area contributed by atoms with Crippen LogP contribution in [-0.2, 0) is 27.2 Å². The Morgan fingerprint density at radius 2 is 1.76 bits per heavy atom. The Morgan fingerprint density at radius 1 is 1.09 bits per heavy atom. The van der Waals surface area contributed by atoms with Gasteiger partial charge in [-0.15, -0.1) is 0 Å². The minimum atomic E-state index is -1.00. The van der Waals surface area contributed by atoms with Crippen LogP contribution in [0.3, 0.4) is 0 Å². The molecule has 1 aromatic carbocycles. The van der Waals surface area contributed by atoms with Crippen molar-refractivity contribution in [1.29, 1.82) is 0 Å². The van der Waals surface area contributed by atoms with E-state index in [0.29, 0.717) is 12.2 Å². The molecule has 2 heterocycles. The zero-order valence-corrected chi connectivity index (χ0v) is 19.7. The molecule has 176 valence electrons. The second-order valence-electron chi connectivity index (χ2n) is 9.90. The molecule has 7 nitrogen and oxygen atoms in total. The van der Waals surface area contributed by atoms with E-state index in [1.54, 1.807) is 12.1 Å².